The third-order valence-corrected chi connectivity index (χ3v) is 2.68. The lowest BCUT2D eigenvalue weighted by molar-refractivity contribution is 0.318. The second-order valence-corrected chi connectivity index (χ2v) is 4.46. The van der Waals surface area contributed by atoms with Crippen LogP contribution in [0.2, 0.25) is 0 Å². The summed E-state index contributed by atoms with van der Waals surface area (Å²) in [4.78, 5) is 0. The number of nitrogens with two attached hydrogens (primary N) is 1. The highest BCUT2D eigenvalue weighted by Gasteiger charge is 2.01. The van der Waals surface area contributed by atoms with Gasteiger partial charge in [0.15, 0.2) is 0 Å². The molecular formula is C16H17N3O. The maximum atomic E-state index is 8.90. The first-order chi connectivity index (χ1) is 9.71. The minimum Gasteiger partial charge on any atom is -0.493 e. The molecule has 0 fully saturated rings. The molecule has 0 spiro atoms. The molecule has 0 unspecified atom stereocenters. The number of ether oxygens (including phenoxy) is 1. The van der Waals surface area contributed by atoms with Gasteiger partial charge in [-0.05, 0) is 30.7 Å². The largest absolute Gasteiger partial charge is 0.493 e. The van der Waals surface area contributed by atoms with E-state index in [1.807, 2.05) is 24.3 Å². The predicted molar refractivity (Wildman–Crippen MR) is 81.1 cm³/mol. The van der Waals surface area contributed by atoms with Gasteiger partial charge in [0.2, 0.25) is 0 Å². The summed E-state index contributed by atoms with van der Waals surface area (Å²) in [5, 5.41) is 12.1. The summed E-state index contributed by atoms with van der Waals surface area (Å²) in [5.74, 6) is 0.741. The topological polar surface area (TPSA) is 71.1 Å². The van der Waals surface area contributed by atoms with Gasteiger partial charge in [0.1, 0.15) is 5.75 Å². The first-order valence-electron chi connectivity index (χ1n) is 6.52. The molecule has 3 N–H and O–H groups in total. The van der Waals surface area contributed by atoms with E-state index in [9.17, 15) is 0 Å². The number of nitrogens with one attached hydrogen (secondary N) is 1. The molecule has 20 heavy (non-hydrogen) atoms. The van der Waals surface area contributed by atoms with Crippen LogP contribution in [0.25, 0.3) is 0 Å². The SMILES string of the molecule is CCCOc1cc(N)cc(Nc2cccc(C#N)c2)c1. The van der Waals surface area contributed by atoms with E-state index >= 15 is 0 Å². The van der Waals surface area contributed by atoms with Crippen LogP contribution in [-0.2, 0) is 0 Å². The minimum absolute atomic E-state index is 0.612. The summed E-state index contributed by atoms with van der Waals surface area (Å²) in [6.07, 6.45) is 0.946. The molecular weight excluding hydrogens is 250 g/mol. The van der Waals surface area contributed by atoms with Gasteiger partial charge in [-0.3, -0.25) is 0 Å². The summed E-state index contributed by atoms with van der Waals surface area (Å²) < 4.78 is 5.59. The second kappa shape index (κ2) is 6.48. The fraction of sp³-hybridized carbons (Fsp3) is 0.188. The lowest BCUT2D eigenvalue weighted by Crippen LogP contribution is -1.98. The molecule has 2 aromatic carbocycles. The van der Waals surface area contributed by atoms with Crippen molar-refractivity contribution in [3.8, 4) is 11.8 Å². The molecule has 0 saturated heterocycles. The molecule has 0 radical (unpaired) electrons. The van der Waals surface area contributed by atoms with Gasteiger partial charge in [-0.25, -0.2) is 0 Å². The van der Waals surface area contributed by atoms with Gasteiger partial charge >= 0.3 is 0 Å². The number of anilines is 3. The van der Waals surface area contributed by atoms with Gasteiger partial charge in [-0.2, -0.15) is 5.26 Å². The number of rotatable bonds is 5. The third-order valence-electron chi connectivity index (χ3n) is 2.68. The molecule has 102 valence electrons. The van der Waals surface area contributed by atoms with E-state index in [0.29, 0.717) is 17.9 Å². The second-order valence-electron chi connectivity index (χ2n) is 4.46. The summed E-state index contributed by atoms with van der Waals surface area (Å²) in [5.41, 5.74) is 8.80. The van der Waals surface area contributed by atoms with Crippen molar-refractivity contribution in [3.05, 3.63) is 48.0 Å². The molecule has 0 aromatic heterocycles. The Hall–Kier alpha value is -2.67. The highest BCUT2D eigenvalue weighted by atomic mass is 16.5. The Morgan fingerprint density at radius 1 is 1.20 bits per heavy atom. The van der Waals surface area contributed by atoms with Crippen LogP contribution < -0.4 is 15.8 Å². The van der Waals surface area contributed by atoms with Crippen molar-refractivity contribution in [2.24, 2.45) is 0 Å². The molecule has 0 heterocycles. The Labute approximate surface area is 118 Å². The fourth-order valence-corrected chi connectivity index (χ4v) is 1.83. The number of benzene rings is 2. The van der Waals surface area contributed by atoms with Crippen LogP contribution in [0.5, 0.6) is 5.75 Å². The zero-order chi connectivity index (χ0) is 14.4. The number of nitrogen functional groups attached to an aromatic ring is 1. The quantitative estimate of drug-likeness (QED) is 0.811. The first kappa shape index (κ1) is 13.8. The van der Waals surface area contributed by atoms with Gasteiger partial charge in [0, 0.05) is 29.2 Å². The van der Waals surface area contributed by atoms with Crippen LogP contribution in [0.15, 0.2) is 42.5 Å². The van der Waals surface area contributed by atoms with E-state index in [0.717, 1.165) is 23.5 Å². The Morgan fingerprint density at radius 2 is 2.05 bits per heavy atom. The number of hydrogen-bond donors (Lipinski definition) is 2. The van der Waals surface area contributed by atoms with Crippen LogP contribution in [0.3, 0.4) is 0 Å². The van der Waals surface area contributed by atoms with Crippen LogP contribution in [0.4, 0.5) is 17.1 Å². The highest BCUT2D eigenvalue weighted by molar-refractivity contribution is 5.67. The van der Waals surface area contributed by atoms with Gasteiger partial charge in [0.05, 0.1) is 18.2 Å². The lowest BCUT2D eigenvalue weighted by atomic mass is 10.2. The van der Waals surface area contributed by atoms with E-state index in [4.69, 9.17) is 15.7 Å². The summed E-state index contributed by atoms with van der Waals surface area (Å²) in [6.45, 7) is 2.71. The third kappa shape index (κ3) is 3.66. The van der Waals surface area contributed by atoms with Gasteiger partial charge in [-0.15, -0.1) is 0 Å². The molecule has 4 nitrogen and oxygen atoms in total. The van der Waals surface area contributed by atoms with Gasteiger partial charge in [-0.1, -0.05) is 13.0 Å². The average Bonchev–Trinajstić information content (AvgIpc) is 2.44. The zero-order valence-corrected chi connectivity index (χ0v) is 11.4. The van der Waals surface area contributed by atoms with E-state index in [1.54, 1.807) is 18.2 Å². The van der Waals surface area contributed by atoms with E-state index in [1.165, 1.54) is 0 Å². The average molecular weight is 267 g/mol. The number of hydrogen-bond acceptors (Lipinski definition) is 4. The highest BCUT2D eigenvalue weighted by Crippen LogP contribution is 2.25. The van der Waals surface area contributed by atoms with Crippen molar-refractivity contribution in [1.29, 1.82) is 5.26 Å². The molecule has 2 rings (SSSR count). The Bertz CT molecular complexity index is 632. The molecule has 0 aliphatic carbocycles. The number of nitrogens with zero attached hydrogens (tertiary/aromatic N) is 1. The fourth-order valence-electron chi connectivity index (χ4n) is 1.83. The normalized spacial score (nSPS) is 9.80. The molecule has 0 atom stereocenters. The Kier molecular flexibility index (Phi) is 4.46. The van der Waals surface area contributed by atoms with Crippen LogP contribution in [0, 0.1) is 11.3 Å². The van der Waals surface area contributed by atoms with Crippen molar-refractivity contribution in [2.75, 3.05) is 17.7 Å². The van der Waals surface area contributed by atoms with Crippen molar-refractivity contribution in [3.63, 3.8) is 0 Å². The summed E-state index contributed by atoms with van der Waals surface area (Å²) in [6, 6.07) is 14.9. The minimum atomic E-state index is 0.612. The van der Waals surface area contributed by atoms with Crippen molar-refractivity contribution in [1.82, 2.24) is 0 Å². The maximum Gasteiger partial charge on any atom is 0.123 e. The lowest BCUT2D eigenvalue weighted by Gasteiger charge is -2.11. The molecule has 4 heteroatoms. The Balaban J connectivity index is 2.20. The van der Waals surface area contributed by atoms with Crippen molar-refractivity contribution >= 4 is 17.1 Å². The smallest absolute Gasteiger partial charge is 0.123 e. The van der Waals surface area contributed by atoms with Crippen molar-refractivity contribution < 1.29 is 4.74 Å². The molecule has 2 aromatic rings. The first-order valence-corrected chi connectivity index (χ1v) is 6.52. The van der Waals surface area contributed by atoms with E-state index in [-0.39, 0.29) is 0 Å². The number of nitriles is 1. The zero-order valence-electron chi connectivity index (χ0n) is 11.4. The molecule has 0 bridgehead atoms. The Morgan fingerprint density at radius 3 is 2.80 bits per heavy atom. The predicted octanol–water partition coefficient (Wildman–Crippen LogP) is 3.67. The van der Waals surface area contributed by atoms with E-state index in [2.05, 4.69) is 18.3 Å². The summed E-state index contributed by atoms with van der Waals surface area (Å²) in [7, 11) is 0. The molecule has 0 aliphatic heterocycles. The molecule has 0 aliphatic rings. The van der Waals surface area contributed by atoms with Crippen molar-refractivity contribution in [2.45, 2.75) is 13.3 Å². The van der Waals surface area contributed by atoms with Crippen LogP contribution in [0.1, 0.15) is 18.9 Å². The van der Waals surface area contributed by atoms with Crippen LogP contribution in [-0.4, -0.2) is 6.61 Å². The van der Waals surface area contributed by atoms with Crippen LogP contribution >= 0.6 is 0 Å². The molecule has 0 amide bonds. The standard InChI is InChI=1S/C16H17N3O/c1-2-6-20-16-9-13(18)8-15(10-16)19-14-5-3-4-12(7-14)11-17/h3-5,7-10,19H,2,6,18H2,1H3. The summed E-state index contributed by atoms with van der Waals surface area (Å²) >= 11 is 0. The van der Waals surface area contributed by atoms with Gasteiger partial charge < -0.3 is 15.8 Å². The maximum absolute atomic E-state index is 8.90. The van der Waals surface area contributed by atoms with Gasteiger partial charge in [0.25, 0.3) is 0 Å². The molecule has 0 saturated carbocycles. The van der Waals surface area contributed by atoms with E-state index < -0.39 is 0 Å². The monoisotopic (exact) mass is 267 g/mol.